The van der Waals surface area contributed by atoms with E-state index in [-0.39, 0.29) is 0 Å². The van der Waals surface area contributed by atoms with Crippen LogP contribution in [0.2, 0.25) is 0 Å². The number of aromatic nitrogens is 2. The van der Waals surface area contributed by atoms with Gasteiger partial charge >= 0.3 is 0 Å². The highest BCUT2D eigenvalue weighted by Crippen LogP contribution is 2.31. The van der Waals surface area contributed by atoms with Crippen LogP contribution in [0.3, 0.4) is 0 Å². The predicted octanol–water partition coefficient (Wildman–Crippen LogP) is 4.56. The second kappa shape index (κ2) is 7.97. The third-order valence-electron chi connectivity index (χ3n) is 3.84. The van der Waals surface area contributed by atoms with Crippen molar-refractivity contribution in [2.24, 2.45) is 0 Å². The maximum Gasteiger partial charge on any atom is 0.227 e. The smallest absolute Gasteiger partial charge is 0.227 e. The van der Waals surface area contributed by atoms with Crippen molar-refractivity contribution in [2.75, 3.05) is 29.9 Å². The zero-order valence-electron chi connectivity index (χ0n) is 13.5. The second-order valence-electron chi connectivity index (χ2n) is 6.05. The number of nitrogens with zero attached hydrogens (tertiary/aromatic N) is 3. The lowest BCUT2D eigenvalue weighted by Crippen LogP contribution is -2.27. The Morgan fingerprint density at radius 2 is 1.81 bits per heavy atom. The number of nitrogens with one attached hydrogen (secondary N) is 1. The molecule has 0 radical (unpaired) electrons. The molecule has 0 bridgehead atoms. The van der Waals surface area contributed by atoms with Crippen LogP contribution in [0.4, 0.5) is 11.8 Å². The molecule has 0 spiro atoms. The van der Waals surface area contributed by atoms with Gasteiger partial charge in [-0.2, -0.15) is 4.98 Å². The number of hydrogen-bond acceptors (Lipinski definition) is 4. The fourth-order valence-electron chi connectivity index (χ4n) is 2.61. The van der Waals surface area contributed by atoms with Gasteiger partial charge in [0.05, 0.1) is 10.2 Å². The Balaban J connectivity index is 2.32. The van der Waals surface area contributed by atoms with Crippen LogP contribution in [0.25, 0.3) is 0 Å². The first-order chi connectivity index (χ1) is 10.1. The van der Waals surface area contributed by atoms with Gasteiger partial charge in [0.25, 0.3) is 0 Å². The van der Waals surface area contributed by atoms with E-state index in [4.69, 9.17) is 9.97 Å². The van der Waals surface area contributed by atoms with Crippen LogP contribution in [0.1, 0.15) is 64.5 Å². The van der Waals surface area contributed by atoms with Crippen molar-refractivity contribution in [1.82, 2.24) is 9.97 Å². The van der Waals surface area contributed by atoms with Gasteiger partial charge in [0.2, 0.25) is 5.95 Å². The Morgan fingerprint density at radius 1 is 1.14 bits per heavy atom. The normalized spacial score (nSPS) is 16.1. The first-order valence-corrected chi connectivity index (χ1v) is 8.99. The quantitative estimate of drug-likeness (QED) is 0.840. The zero-order chi connectivity index (χ0) is 15.2. The molecule has 0 amide bonds. The molecule has 0 aliphatic carbocycles. The number of rotatable bonds is 5. The molecule has 1 aromatic rings. The van der Waals surface area contributed by atoms with Crippen molar-refractivity contribution in [3.63, 3.8) is 0 Å². The van der Waals surface area contributed by atoms with Crippen molar-refractivity contribution in [1.29, 1.82) is 0 Å². The van der Waals surface area contributed by atoms with Gasteiger partial charge in [-0.05, 0) is 41.1 Å². The summed E-state index contributed by atoms with van der Waals surface area (Å²) in [5.74, 6) is 2.22. The summed E-state index contributed by atoms with van der Waals surface area (Å²) >= 11 is 3.68. The number of halogens is 1. The standard InChI is InChI=1S/C16H27BrN4/c1-4-9-18-15-13(17)14(12(2)3)19-16(20-15)21-10-7-5-6-8-11-21/h12H,4-11H2,1-3H3,(H,18,19,20). The van der Waals surface area contributed by atoms with Gasteiger partial charge in [-0.15, -0.1) is 0 Å². The van der Waals surface area contributed by atoms with Gasteiger partial charge in [-0.25, -0.2) is 4.98 Å². The molecule has 1 aliphatic heterocycles. The molecule has 1 aromatic heterocycles. The lowest BCUT2D eigenvalue weighted by Gasteiger charge is -2.23. The minimum Gasteiger partial charge on any atom is -0.369 e. The molecule has 0 aromatic carbocycles. The van der Waals surface area contributed by atoms with E-state index < -0.39 is 0 Å². The average molecular weight is 355 g/mol. The van der Waals surface area contributed by atoms with E-state index >= 15 is 0 Å². The number of hydrogen-bond donors (Lipinski definition) is 1. The van der Waals surface area contributed by atoms with Gasteiger partial charge < -0.3 is 10.2 Å². The summed E-state index contributed by atoms with van der Waals surface area (Å²) in [4.78, 5) is 12.0. The molecule has 5 heteroatoms. The van der Waals surface area contributed by atoms with Crippen molar-refractivity contribution >= 4 is 27.7 Å². The van der Waals surface area contributed by atoms with Crippen LogP contribution in [0.5, 0.6) is 0 Å². The summed E-state index contributed by atoms with van der Waals surface area (Å²) in [6.45, 7) is 9.62. The Bertz CT molecular complexity index is 454. The van der Waals surface area contributed by atoms with Gasteiger partial charge in [0.15, 0.2) is 0 Å². The molecule has 1 N–H and O–H groups in total. The van der Waals surface area contributed by atoms with Crippen LogP contribution in [0, 0.1) is 0 Å². The molecule has 1 fully saturated rings. The van der Waals surface area contributed by atoms with Crippen LogP contribution in [0.15, 0.2) is 4.47 Å². The minimum atomic E-state index is 0.385. The van der Waals surface area contributed by atoms with E-state index in [2.05, 4.69) is 46.9 Å². The topological polar surface area (TPSA) is 41.1 Å². The predicted molar refractivity (Wildman–Crippen MR) is 93.3 cm³/mol. The highest BCUT2D eigenvalue weighted by Gasteiger charge is 2.19. The van der Waals surface area contributed by atoms with E-state index in [9.17, 15) is 0 Å². The van der Waals surface area contributed by atoms with Crippen molar-refractivity contribution < 1.29 is 0 Å². The summed E-state index contributed by atoms with van der Waals surface area (Å²) in [7, 11) is 0. The van der Waals surface area contributed by atoms with E-state index in [1.807, 2.05) is 0 Å². The first-order valence-electron chi connectivity index (χ1n) is 8.19. The fourth-order valence-corrected chi connectivity index (χ4v) is 3.38. The molecule has 2 heterocycles. The molecular formula is C16H27BrN4. The third-order valence-corrected chi connectivity index (χ3v) is 4.63. The van der Waals surface area contributed by atoms with Gasteiger partial charge in [0.1, 0.15) is 5.82 Å². The van der Waals surface area contributed by atoms with E-state index in [1.165, 1.54) is 25.7 Å². The second-order valence-corrected chi connectivity index (χ2v) is 6.85. The molecule has 2 rings (SSSR count). The monoisotopic (exact) mass is 354 g/mol. The summed E-state index contributed by atoms with van der Waals surface area (Å²) < 4.78 is 1.02. The Morgan fingerprint density at radius 3 is 2.38 bits per heavy atom. The van der Waals surface area contributed by atoms with Crippen LogP contribution < -0.4 is 10.2 Å². The third kappa shape index (κ3) is 4.31. The Kier molecular flexibility index (Phi) is 6.27. The maximum atomic E-state index is 4.83. The molecule has 0 unspecified atom stereocenters. The molecule has 4 nitrogen and oxygen atoms in total. The lowest BCUT2D eigenvalue weighted by molar-refractivity contribution is 0.726. The first kappa shape index (κ1) is 16.5. The molecular weight excluding hydrogens is 328 g/mol. The minimum absolute atomic E-state index is 0.385. The largest absolute Gasteiger partial charge is 0.369 e. The molecule has 0 saturated carbocycles. The molecule has 21 heavy (non-hydrogen) atoms. The average Bonchev–Trinajstić information content (AvgIpc) is 2.75. The van der Waals surface area contributed by atoms with Crippen molar-refractivity contribution in [2.45, 2.75) is 58.8 Å². The maximum absolute atomic E-state index is 4.83. The van der Waals surface area contributed by atoms with Crippen molar-refractivity contribution in [3.05, 3.63) is 10.2 Å². The molecule has 0 atom stereocenters. The Hall–Kier alpha value is -0.840. The van der Waals surface area contributed by atoms with E-state index in [0.717, 1.165) is 48.0 Å². The lowest BCUT2D eigenvalue weighted by atomic mass is 10.1. The highest BCUT2D eigenvalue weighted by molar-refractivity contribution is 9.10. The summed E-state index contributed by atoms with van der Waals surface area (Å²) in [6.07, 6.45) is 6.23. The van der Waals surface area contributed by atoms with Gasteiger partial charge in [-0.1, -0.05) is 33.6 Å². The van der Waals surface area contributed by atoms with Crippen LogP contribution in [-0.4, -0.2) is 29.6 Å². The summed E-state index contributed by atoms with van der Waals surface area (Å²) in [6, 6.07) is 0. The van der Waals surface area contributed by atoms with Crippen LogP contribution in [-0.2, 0) is 0 Å². The van der Waals surface area contributed by atoms with Crippen molar-refractivity contribution in [3.8, 4) is 0 Å². The summed E-state index contributed by atoms with van der Waals surface area (Å²) in [5, 5.41) is 3.43. The molecule has 1 aliphatic rings. The van der Waals surface area contributed by atoms with Crippen LogP contribution >= 0.6 is 15.9 Å². The van der Waals surface area contributed by atoms with E-state index in [0.29, 0.717) is 5.92 Å². The fraction of sp³-hybridized carbons (Fsp3) is 0.750. The van der Waals surface area contributed by atoms with Gasteiger partial charge in [0, 0.05) is 19.6 Å². The summed E-state index contributed by atoms with van der Waals surface area (Å²) in [5.41, 5.74) is 1.10. The van der Waals surface area contributed by atoms with Gasteiger partial charge in [-0.3, -0.25) is 0 Å². The zero-order valence-corrected chi connectivity index (χ0v) is 15.0. The molecule has 1 saturated heterocycles. The van der Waals surface area contributed by atoms with E-state index in [1.54, 1.807) is 0 Å². The highest BCUT2D eigenvalue weighted by atomic mass is 79.9. The SMILES string of the molecule is CCCNc1nc(N2CCCCCC2)nc(C(C)C)c1Br. The Labute approximate surface area is 136 Å². The molecule has 118 valence electrons. The number of anilines is 2.